The number of carbonyl (C=O) groups is 1. The molecule has 0 aliphatic carbocycles. The molecule has 0 saturated carbocycles. The molecule has 3 heteroatoms. The van der Waals surface area contributed by atoms with Gasteiger partial charge in [-0.15, -0.1) is 0 Å². The molecule has 0 bridgehead atoms. The number of piperidine rings is 1. The van der Waals surface area contributed by atoms with Gasteiger partial charge in [0.05, 0.1) is 6.42 Å². The van der Waals surface area contributed by atoms with E-state index in [0.29, 0.717) is 6.42 Å². The van der Waals surface area contributed by atoms with Gasteiger partial charge in [0.25, 0.3) is 0 Å². The van der Waals surface area contributed by atoms with E-state index in [1.165, 1.54) is 43.1 Å². The van der Waals surface area contributed by atoms with E-state index in [9.17, 15) is 4.79 Å². The molecule has 1 aliphatic rings. The molecule has 3 nitrogen and oxygen atoms in total. The molecule has 3 rings (SSSR count). The second-order valence-electron chi connectivity index (χ2n) is 6.42. The Morgan fingerprint density at radius 2 is 1.78 bits per heavy atom. The smallest absolute Gasteiger partial charge is 0.224 e. The van der Waals surface area contributed by atoms with Crippen molar-refractivity contribution >= 4 is 16.7 Å². The molecule has 1 fully saturated rings. The van der Waals surface area contributed by atoms with Gasteiger partial charge in [-0.1, -0.05) is 48.9 Å². The number of fused-ring (bicyclic) bond motifs is 1. The zero-order valence-electron chi connectivity index (χ0n) is 13.8. The number of hydrogen-bond acceptors (Lipinski definition) is 2. The molecule has 1 amide bonds. The number of hydrogen-bond donors (Lipinski definition) is 1. The van der Waals surface area contributed by atoms with Gasteiger partial charge in [-0.2, -0.15) is 0 Å². The molecule has 2 aromatic rings. The first-order chi connectivity index (χ1) is 11.3. The van der Waals surface area contributed by atoms with Gasteiger partial charge < -0.3 is 10.2 Å². The van der Waals surface area contributed by atoms with Crippen LogP contribution in [-0.4, -0.2) is 37.0 Å². The zero-order chi connectivity index (χ0) is 15.9. The molecular formula is C20H26N2O. The summed E-state index contributed by atoms with van der Waals surface area (Å²) in [6.07, 6.45) is 5.53. The topological polar surface area (TPSA) is 32.3 Å². The van der Waals surface area contributed by atoms with Crippen molar-refractivity contribution < 1.29 is 4.79 Å². The second-order valence-corrected chi connectivity index (χ2v) is 6.42. The minimum absolute atomic E-state index is 0.125. The Hall–Kier alpha value is -1.87. The molecule has 0 unspecified atom stereocenters. The molecule has 122 valence electrons. The van der Waals surface area contributed by atoms with Gasteiger partial charge in [-0.25, -0.2) is 0 Å². The van der Waals surface area contributed by atoms with E-state index in [-0.39, 0.29) is 5.91 Å². The fourth-order valence-corrected chi connectivity index (χ4v) is 3.40. The number of carbonyl (C=O) groups excluding carboxylic acids is 1. The average molecular weight is 310 g/mol. The summed E-state index contributed by atoms with van der Waals surface area (Å²) in [6, 6.07) is 14.4. The van der Waals surface area contributed by atoms with Crippen LogP contribution in [0.3, 0.4) is 0 Å². The Balaban J connectivity index is 1.45. The second kappa shape index (κ2) is 8.11. The van der Waals surface area contributed by atoms with Crippen molar-refractivity contribution in [3.8, 4) is 0 Å². The maximum Gasteiger partial charge on any atom is 0.224 e. The minimum atomic E-state index is 0.125. The van der Waals surface area contributed by atoms with Crippen LogP contribution in [0, 0.1) is 0 Å². The maximum atomic E-state index is 12.2. The van der Waals surface area contributed by atoms with E-state index >= 15 is 0 Å². The Morgan fingerprint density at radius 3 is 2.65 bits per heavy atom. The lowest BCUT2D eigenvalue weighted by atomic mass is 10.0. The van der Waals surface area contributed by atoms with Crippen LogP contribution in [0.2, 0.25) is 0 Å². The average Bonchev–Trinajstić information content (AvgIpc) is 2.60. The first-order valence-corrected chi connectivity index (χ1v) is 8.78. The Bertz CT molecular complexity index is 642. The molecule has 1 N–H and O–H groups in total. The highest BCUT2D eigenvalue weighted by Crippen LogP contribution is 2.18. The molecule has 0 atom stereocenters. The van der Waals surface area contributed by atoms with Gasteiger partial charge in [0.2, 0.25) is 5.91 Å². The van der Waals surface area contributed by atoms with Crippen LogP contribution in [0.5, 0.6) is 0 Å². The van der Waals surface area contributed by atoms with E-state index in [1.807, 2.05) is 18.2 Å². The fourth-order valence-electron chi connectivity index (χ4n) is 3.40. The highest BCUT2D eigenvalue weighted by Gasteiger charge is 2.10. The molecule has 2 aromatic carbocycles. The third-order valence-electron chi connectivity index (χ3n) is 4.65. The summed E-state index contributed by atoms with van der Waals surface area (Å²) in [6.45, 7) is 4.34. The molecule has 1 heterocycles. The van der Waals surface area contributed by atoms with Gasteiger partial charge in [-0.3, -0.25) is 4.79 Å². The van der Waals surface area contributed by atoms with E-state index in [2.05, 4.69) is 34.5 Å². The number of rotatable bonds is 6. The number of nitrogens with one attached hydrogen (secondary N) is 1. The normalized spacial score (nSPS) is 15.7. The van der Waals surface area contributed by atoms with E-state index in [1.54, 1.807) is 0 Å². The lowest BCUT2D eigenvalue weighted by Gasteiger charge is -2.26. The van der Waals surface area contributed by atoms with Crippen LogP contribution in [0.25, 0.3) is 10.8 Å². The van der Waals surface area contributed by atoms with Crippen LogP contribution in [-0.2, 0) is 11.2 Å². The van der Waals surface area contributed by atoms with Crippen molar-refractivity contribution in [3.05, 3.63) is 48.0 Å². The van der Waals surface area contributed by atoms with Gasteiger partial charge in [0.1, 0.15) is 0 Å². The van der Waals surface area contributed by atoms with Gasteiger partial charge in [-0.05, 0) is 55.2 Å². The predicted octanol–water partition coefficient (Wildman–Crippen LogP) is 3.37. The van der Waals surface area contributed by atoms with Gasteiger partial charge >= 0.3 is 0 Å². The van der Waals surface area contributed by atoms with Crippen LogP contribution >= 0.6 is 0 Å². The largest absolute Gasteiger partial charge is 0.356 e. The summed E-state index contributed by atoms with van der Waals surface area (Å²) in [5.41, 5.74) is 1.11. The van der Waals surface area contributed by atoms with Crippen LogP contribution in [0.15, 0.2) is 42.5 Å². The summed E-state index contributed by atoms with van der Waals surface area (Å²) in [5.74, 6) is 0.125. The molecular weight excluding hydrogens is 284 g/mol. The van der Waals surface area contributed by atoms with Crippen molar-refractivity contribution in [3.63, 3.8) is 0 Å². The quantitative estimate of drug-likeness (QED) is 0.830. The molecule has 0 aromatic heterocycles. The monoisotopic (exact) mass is 310 g/mol. The first kappa shape index (κ1) is 16.0. The Morgan fingerprint density at radius 1 is 1.00 bits per heavy atom. The number of likely N-dealkylation sites (tertiary alicyclic amines) is 1. The lowest BCUT2D eigenvalue weighted by molar-refractivity contribution is -0.120. The van der Waals surface area contributed by atoms with Crippen molar-refractivity contribution in [2.75, 3.05) is 26.2 Å². The third-order valence-corrected chi connectivity index (χ3v) is 4.65. The van der Waals surface area contributed by atoms with E-state index in [0.717, 1.165) is 25.1 Å². The van der Waals surface area contributed by atoms with E-state index in [4.69, 9.17) is 0 Å². The van der Waals surface area contributed by atoms with Crippen molar-refractivity contribution in [2.45, 2.75) is 32.1 Å². The molecule has 1 saturated heterocycles. The first-order valence-electron chi connectivity index (χ1n) is 8.78. The summed E-state index contributed by atoms with van der Waals surface area (Å²) in [7, 11) is 0. The van der Waals surface area contributed by atoms with Crippen LogP contribution < -0.4 is 5.32 Å². The van der Waals surface area contributed by atoms with Crippen molar-refractivity contribution in [1.82, 2.24) is 10.2 Å². The number of nitrogens with zero attached hydrogens (tertiary/aromatic N) is 1. The summed E-state index contributed by atoms with van der Waals surface area (Å²) >= 11 is 0. The molecule has 0 radical (unpaired) electrons. The van der Waals surface area contributed by atoms with Gasteiger partial charge in [0, 0.05) is 6.54 Å². The number of amides is 1. The predicted molar refractivity (Wildman–Crippen MR) is 95.6 cm³/mol. The van der Waals surface area contributed by atoms with Gasteiger partial charge in [0.15, 0.2) is 0 Å². The summed E-state index contributed by atoms with van der Waals surface area (Å²) < 4.78 is 0. The Labute approximate surface area is 138 Å². The Kier molecular flexibility index (Phi) is 5.65. The maximum absolute atomic E-state index is 12.2. The standard InChI is InChI=1S/C20H26N2O/c23-20(21-12-7-15-22-13-4-1-5-14-22)16-18-10-6-9-17-8-2-3-11-19(17)18/h2-3,6,8-11H,1,4-5,7,12-16H2,(H,21,23). The highest BCUT2D eigenvalue weighted by atomic mass is 16.1. The highest BCUT2D eigenvalue weighted by molar-refractivity contribution is 5.90. The number of benzene rings is 2. The summed E-state index contributed by atoms with van der Waals surface area (Å²) in [5, 5.41) is 5.45. The lowest BCUT2D eigenvalue weighted by Crippen LogP contribution is -2.33. The van der Waals surface area contributed by atoms with Crippen molar-refractivity contribution in [1.29, 1.82) is 0 Å². The summed E-state index contributed by atoms with van der Waals surface area (Å²) in [4.78, 5) is 14.7. The molecule has 23 heavy (non-hydrogen) atoms. The third kappa shape index (κ3) is 4.55. The molecule has 0 spiro atoms. The zero-order valence-corrected chi connectivity index (χ0v) is 13.8. The molecule has 1 aliphatic heterocycles. The van der Waals surface area contributed by atoms with Crippen LogP contribution in [0.4, 0.5) is 0 Å². The van der Waals surface area contributed by atoms with Crippen LogP contribution in [0.1, 0.15) is 31.2 Å². The van der Waals surface area contributed by atoms with E-state index < -0.39 is 0 Å². The SMILES string of the molecule is O=C(Cc1cccc2ccccc12)NCCCN1CCCCC1. The minimum Gasteiger partial charge on any atom is -0.356 e. The fraction of sp³-hybridized carbons (Fsp3) is 0.450. The van der Waals surface area contributed by atoms with Crippen molar-refractivity contribution in [2.24, 2.45) is 0 Å².